The van der Waals surface area contributed by atoms with Gasteiger partial charge in [0.1, 0.15) is 24.2 Å². The van der Waals surface area contributed by atoms with E-state index in [0.717, 1.165) is 5.56 Å². The molecule has 0 spiro atoms. The predicted molar refractivity (Wildman–Crippen MR) is 99.4 cm³/mol. The fourth-order valence-corrected chi connectivity index (χ4v) is 2.87. The highest BCUT2D eigenvalue weighted by atomic mass is 16.5. The summed E-state index contributed by atoms with van der Waals surface area (Å²) in [4.78, 5) is 23.0. The van der Waals surface area contributed by atoms with Crippen LogP contribution in [0.3, 0.4) is 0 Å². The normalized spacial score (nSPS) is 11.0. The lowest BCUT2D eigenvalue weighted by molar-refractivity contribution is 0.306. The number of imidazole rings is 1. The Kier molecular flexibility index (Phi) is 3.89. The highest BCUT2D eigenvalue weighted by molar-refractivity contribution is 5.83. The van der Waals surface area contributed by atoms with E-state index < -0.39 is 0 Å². The van der Waals surface area contributed by atoms with Crippen molar-refractivity contribution in [1.82, 2.24) is 19.5 Å². The number of aromatic nitrogens is 4. The topological polar surface area (TPSA) is 98.8 Å². The second-order valence-corrected chi connectivity index (χ2v) is 5.99. The van der Waals surface area contributed by atoms with Crippen LogP contribution in [-0.2, 0) is 6.61 Å². The fraction of sp³-hybridized carbons (Fsp3) is 0.105. The summed E-state index contributed by atoms with van der Waals surface area (Å²) in [6, 6.07) is 15.4. The van der Waals surface area contributed by atoms with Crippen LogP contribution < -0.4 is 16.2 Å². The van der Waals surface area contributed by atoms with Gasteiger partial charge in [-0.1, -0.05) is 29.8 Å². The van der Waals surface area contributed by atoms with Crippen molar-refractivity contribution in [1.29, 1.82) is 0 Å². The number of hydrogen-bond donors (Lipinski definition) is 2. The first kappa shape index (κ1) is 15.9. The van der Waals surface area contributed by atoms with Gasteiger partial charge in [-0.05, 0) is 36.8 Å². The Balaban J connectivity index is 1.61. The van der Waals surface area contributed by atoms with Crippen molar-refractivity contribution in [2.75, 3.05) is 5.73 Å². The molecule has 0 bridgehead atoms. The van der Waals surface area contributed by atoms with E-state index in [1.165, 1.54) is 16.5 Å². The first-order valence-electron chi connectivity index (χ1n) is 8.12. The van der Waals surface area contributed by atoms with Crippen molar-refractivity contribution in [3.8, 4) is 11.4 Å². The molecule has 0 aliphatic carbocycles. The standard InChI is InChI=1S/C19H17N5O2/c1-12-3-2-4-13(9-12)10-26-15-7-5-14(6-8-15)24-16-17(20)21-11-22-18(16)23-19(24)25/h2-9,11H,10H2,1H3,(H3,20,21,22,23,25). The largest absolute Gasteiger partial charge is 0.489 e. The summed E-state index contributed by atoms with van der Waals surface area (Å²) >= 11 is 0. The highest BCUT2D eigenvalue weighted by Crippen LogP contribution is 2.21. The highest BCUT2D eigenvalue weighted by Gasteiger charge is 2.13. The van der Waals surface area contributed by atoms with E-state index in [1.54, 1.807) is 12.1 Å². The average molecular weight is 347 g/mol. The Morgan fingerprint density at radius 2 is 1.96 bits per heavy atom. The average Bonchev–Trinajstić information content (AvgIpc) is 2.98. The molecule has 26 heavy (non-hydrogen) atoms. The van der Waals surface area contributed by atoms with Gasteiger partial charge in [0.15, 0.2) is 11.5 Å². The van der Waals surface area contributed by atoms with Crippen LogP contribution in [0.2, 0.25) is 0 Å². The van der Waals surface area contributed by atoms with Gasteiger partial charge in [0.05, 0.1) is 5.69 Å². The van der Waals surface area contributed by atoms with Gasteiger partial charge in [0.2, 0.25) is 0 Å². The third kappa shape index (κ3) is 2.90. The molecule has 0 saturated carbocycles. The van der Waals surface area contributed by atoms with Crippen LogP contribution in [0.25, 0.3) is 16.9 Å². The predicted octanol–water partition coefficient (Wildman–Crippen LogP) is 2.58. The van der Waals surface area contributed by atoms with Gasteiger partial charge in [-0.15, -0.1) is 0 Å². The number of aryl methyl sites for hydroxylation is 1. The Morgan fingerprint density at radius 1 is 1.15 bits per heavy atom. The fourth-order valence-electron chi connectivity index (χ4n) is 2.87. The van der Waals surface area contributed by atoms with Gasteiger partial charge in [-0.3, -0.25) is 9.55 Å². The minimum atomic E-state index is -0.319. The zero-order chi connectivity index (χ0) is 18.1. The van der Waals surface area contributed by atoms with Crippen LogP contribution in [0.5, 0.6) is 5.75 Å². The zero-order valence-electron chi connectivity index (χ0n) is 14.1. The number of anilines is 1. The number of nitrogens with two attached hydrogens (primary N) is 1. The molecule has 0 aliphatic heterocycles. The van der Waals surface area contributed by atoms with Crippen molar-refractivity contribution in [3.05, 3.63) is 76.5 Å². The van der Waals surface area contributed by atoms with Gasteiger partial charge in [0, 0.05) is 0 Å². The minimum absolute atomic E-state index is 0.244. The maximum atomic E-state index is 12.3. The lowest BCUT2D eigenvalue weighted by Crippen LogP contribution is -2.15. The summed E-state index contributed by atoms with van der Waals surface area (Å²) in [6.45, 7) is 2.53. The van der Waals surface area contributed by atoms with Crippen LogP contribution in [0.4, 0.5) is 5.82 Å². The maximum Gasteiger partial charge on any atom is 0.332 e. The quantitative estimate of drug-likeness (QED) is 0.591. The smallest absolute Gasteiger partial charge is 0.332 e. The second-order valence-electron chi connectivity index (χ2n) is 5.99. The molecule has 0 saturated heterocycles. The van der Waals surface area contributed by atoms with E-state index >= 15 is 0 Å². The van der Waals surface area contributed by atoms with E-state index in [-0.39, 0.29) is 11.5 Å². The minimum Gasteiger partial charge on any atom is -0.489 e. The molecule has 130 valence electrons. The summed E-state index contributed by atoms with van der Waals surface area (Å²) in [7, 11) is 0. The molecular formula is C19H17N5O2. The molecule has 4 aromatic rings. The van der Waals surface area contributed by atoms with Crippen LogP contribution in [0.1, 0.15) is 11.1 Å². The van der Waals surface area contributed by atoms with Gasteiger partial charge in [0.25, 0.3) is 0 Å². The molecular weight excluding hydrogens is 330 g/mol. The summed E-state index contributed by atoms with van der Waals surface area (Å²) in [5, 5.41) is 0. The monoisotopic (exact) mass is 347 g/mol. The molecule has 0 fully saturated rings. The first-order chi connectivity index (χ1) is 12.6. The van der Waals surface area contributed by atoms with Crippen LogP contribution >= 0.6 is 0 Å². The Morgan fingerprint density at radius 3 is 2.73 bits per heavy atom. The molecule has 7 nitrogen and oxygen atoms in total. The van der Waals surface area contributed by atoms with Gasteiger partial charge in [-0.25, -0.2) is 14.8 Å². The number of aromatic amines is 1. The Hall–Kier alpha value is -3.61. The van der Waals surface area contributed by atoms with Crippen molar-refractivity contribution in [2.24, 2.45) is 0 Å². The van der Waals surface area contributed by atoms with Crippen molar-refractivity contribution in [2.45, 2.75) is 13.5 Å². The maximum absolute atomic E-state index is 12.3. The summed E-state index contributed by atoms with van der Waals surface area (Å²) < 4.78 is 7.27. The molecule has 0 atom stereocenters. The zero-order valence-corrected chi connectivity index (χ0v) is 14.1. The Bertz CT molecular complexity index is 1130. The van der Waals surface area contributed by atoms with Crippen molar-refractivity contribution in [3.63, 3.8) is 0 Å². The number of H-pyrrole nitrogens is 1. The van der Waals surface area contributed by atoms with Gasteiger partial charge in [-0.2, -0.15) is 0 Å². The number of ether oxygens (including phenoxy) is 1. The summed E-state index contributed by atoms with van der Waals surface area (Å²) in [5.74, 6) is 0.959. The molecule has 0 radical (unpaired) electrons. The number of nitrogen functional groups attached to an aromatic ring is 1. The molecule has 3 N–H and O–H groups in total. The van der Waals surface area contributed by atoms with Crippen molar-refractivity contribution < 1.29 is 4.74 Å². The first-order valence-corrected chi connectivity index (χ1v) is 8.12. The molecule has 2 aromatic heterocycles. The molecule has 2 heterocycles. The second kappa shape index (κ2) is 6.36. The lowest BCUT2D eigenvalue weighted by atomic mass is 10.1. The SMILES string of the molecule is Cc1cccc(COc2ccc(-n3c(=O)[nH]c4ncnc(N)c43)cc2)c1. The Labute approximate surface area is 149 Å². The third-order valence-corrected chi connectivity index (χ3v) is 4.09. The van der Waals surface area contributed by atoms with E-state index in [9.17, 15) is 4.79 Å². The number of nitrogens with one attached hydrogen (secondary N) is 1. The van der Waals surface area contributed by atoms with Gasteiger partial charge >= 0.3 is 5.69 Å². The number of benzene rings is 2. The number of nitrogens with zero attached hydrogens (tertiary/aromatic N) is 3. The van der Waals surface area contributed by atoms with Crippen LogP contribution in [0.15, 0.2) is 59.7 Å². The van der Waals surface area contributed by atoms with E-state index in [1.807, 2.05) is 37.3 Å². The molecule has 0 unspecified atom stereocenters. The lowest BCUT2D eigenvalue weighted by Gasteiger charge is -2.09. The van der Waals surface area contributed by atoms with Crippen LogP contribution in [0, 0.1) is 6.92 Å². The number of rotatable bonds is 4. The molecule has 0 amide bonds. The number of hydrogen-bond acceptors (Lipinski definition) is 5. The summed E-state index contributed by atoms with van der Waals surface area (Å²) in [5.41, 5.74) is 9.41. The summed E-state index contributed by atoms with van der Waals surface area (Å²) in [6.07, 6.45) is 1.32. The molecule has 0 aliphatic rings. The van der Waals surface area contributed by atoms with E-state index in [2.05, 4.69) is 21.0 Å². The van der Waals surface area contributed by atoms with Crippen molar-refractivity contribution >= 4 is 17.0 Å². The third-order valence-electron chi connectivity index (χ3n) is 4.09. The van der Waals surface area contributed by atoms with E-state index in [0.29, 0.717) is 29.2 Å². The van der Waals surface area contributed by atoms with Crippen LogP contribution in [-0.4, -0.2) is 19.5 Å². The molecule has 7 heteroatoms. The number of fused-ring (bicyclic) bond motifs is 1. The van der Waals surface area contributed by atoms with E-state index in [4.69, 9.17) is 10.5 Å². The van der Waals surface area contributed by atoms with Gasteiger partial charge < -0.3 is 10.5 Å². The molecule has 2 aromatic carbocycles. The molecule has 4 rings (SSSR count).